The van der Waals surface area contributed by atoms with Crippen LogP contribution in [0.2, 0.25) is 0 Å². The molecule has 0 radical (unpaired) electrons. The van der Waals surface area contributed by atoms with Gasteiger partial charge in [-0.05, 0) is 40.7 Å². The van der Waals surface area contributed by atoms with E-state index in [9.17, 15) is 9.90 Å². The minimum Gasteiger partial charge on any atom is -0.389 e. The van der Waals surface area contributed by atoms with Crippen LogP contribution in [0.4, 0.5) is 0 Å². The summed E-state index contributed by atoms with van der Waals surface area (Å²) in [5, 5.41) is 12.7. The van der Waals surface area contributed by atoms with Crippen LogP contribution in [0.15, 0.2) is 0 Å². The van der Waals surface area contributed by atoms with Crippen LogP contribution >= 0.6 is 0 Å². The Bertz CT molecular complexity index is 232. The van der Waals surface area contributed by atoms with E-state index in [4.69, 9.17) is 0 Å². The minimum atomic E-state index is -0.780. The van der Waals surface area contributed by atoms with E-state index < -0.39 is 5.60 Å². The van der Waals surface area contributed by atoms with E-state index in [0.29, 0.717) is 6.54 Å². The number of rotatable bonds is 7. The molecule has 4 nitrogen and oxygen atoms in total. The van der Waals surface area contributed by atoms with Crippen LogP contribution in [0, 0.1) is 0 Å². The fraction of sp³-hybridized carbons (Fsp3) is 0.923. The first-order chi connectivity index (χ1) is 7.71. The van der Waals surface area contributed by atoms with Crippen molar-refractivity contribution in [2.45, 2.75) is 65.1 Å². The Morgan fingerprint density at radius 2 is 1.82 bits per heavy atom. The van der Waals surface area contributed by atoms with Gasteiger partial charge in [-0.1, -0.05) is 13.8 Å². The molecule has 102 valence electrons. The van der Waals surface area contributed by atoms with Crippen molar-refractivity contribution in [1.29, 1.82) is 0 Å². The van der Waals surface area contributed by atoms with Gasteiger partial charge in [-0.25, -0.2) is 0 Å². The second-order valence-corrected chi connectivity index (χ2v) is 5.43. The molecular weight excluding hydrogens is 216 g/mol. The van der Waals surface area contributed by atoms with Gasteiger partial charge in [0.25, 0.3) is 0 Å². The van der Waals surface area contributed by atoms with Gasteiger partial charge in [-0.2, -0.15) is 0 Å². The Hall–Kier alpha value is -0.610. The zero-order valence-electron chi connectivity index (χ0n) is 12.1. The number of likely N-dealkylation sites (N-methyl/N-ethyl adjacent to an activating group) is 1. The van der Waals surface area contributed by atoms with Crippen LogP contribution in [0.5, 0.6) is 0 Å². The van der Waals surface area contributed by atoms with Crippen molar-refractivity contribution in [3.8, 4) is 0 Å². The monoisotopic (exact) mass is 244 g/mol. The maximum atomic E-state index is 12.0. The molecule has 4 heteroatoms. The molecule has 0 heterocycles. The second-order valence-electron chi connectivity index (χ2n) is 5.43. The predicted octanol–water partition coefficient (Wildman–Crippen LogP) is 1.38. The highest BCUT2D eigenvalue weighted by atomic mass is 16.3. The van der Waals surface area contributed by atoms with Crippen molar-refractivity contribution in [1.82, 2.24) is 10.2 Å². The Balaban J connectivity index is 4.29. The molecule has 0 bridgehead atoms. The van der Waals surface area contributed by atoms with Gasteiger partial charge in [0.2, 0.25) is 5.91 Å². The molecular formula is C13H28N2O2. The standard InChI is InChI=1S/C13H28N2O2/c1-7-11(8-2)14-12(16)10(3)15(6)9-13(4,5)17/h10-11,17H,7-9H2,1-6H3,(H,14,16). The lowest BCUT2D eigenvalue weighted by Crippen LogP contribution is -2.50. The van der Waals surface area contributed by atoms with Crippen LogP contribution in [-0.2, 0) is 4.79 Å². The Labute approximate surface area is 105 Å². The number of carbonyl (C=O) groups is 1. The van der Waals surface area contributed by atoms with Crippen molar-refractivity contribution in [3.63, 3.8) is 0 Å². The molecule has 1 amide bonds. The van der Waals surface area contributed by atoms with Gasteiger partial charge < -0.3 is 10.4 Å². The molecule has 2 N–H and O–H groups in total. The molecule has 0 rings (SSSR count). The first-order valence-electron chi connectivity index (χ1n) is 6.44. The Kier molecular flexibility index (Phi) is 6.72. The van der Waals surface area contributed by atoms with E-state index in [1.54, 1.807) is 13.8 Å². The molecule has 0 spiro atoms. The van der Waals surface area contributed by atoms with Crippen molar-refractivity contribution in [2.75, 3.05) is 13.6 Å². The topological polar surface area (TPSA) is 52.6 Å². The highest BCUT2D eigenvalue weighted by molar-refractivity contribution is 5.81. The van der Waals surface area contributed by atoms with Gasteiger partial charge in [0.1, 0.15) is 0 Å². The van der Waals surface area contributed by atoms with Gasteiger partial charge in [0.05, 0.1) is 11.6 Å². The summed E-state index contributed by atoms with van der Waals surface area (Å²) < 4.78 is 0. The summed E-state index contributed by atoms with van der Waals surface area (Å²) in [6.07, 6.45) is 1.90. The first kappa shape index (κ1) is 16.4. The molecule has 0 aromatic heterocycles. The lowest BCUT2D eigenvalue weighted by Gasteiger charge is -2.30. The largest absolute Gasteiger partial charge is 0.389 e. The third-order valence-electron chi connectivity index (χ3n) is 3.01. The smallest absolute Gasteiger partial charge is 0.237 e. The Morgan fingerprint density at radius 3 is 2.18 bits per heavy atom. The summed E-state index contributed by atoms with van der Waals surface area (Å²) in [7, 11) is 1.86. The summed E-state index contributed by atoms with van der Waals surface area (Å²) in [6, 6.07) is 0.0301. The van der Waals surface area contributed by atoms with Crippen LogP contribution in [0.1, 0.15) is 47.5 Å². The molecule has 1 unspecified atom stereocenters. The Morgan fingerprint density at radius 1 is 1.35 bits per heavy atom. The number of hydrogen-bond acceptors (Lipinski definition) is 3. The quantitative estimate of drug-likeness (QED) is 0.711. The summed E-state index contributed by atoms with van der Waals surface area (Å²) in [5.74, 6) is 0.0328. The van der Waals surface area contributed by atoms with Gasteiger partial charge in [-0.3, -0.25) is 9.69 Å². The molecule has 1 atom stereocenters. The van der Waals surface area contributed by atoms with Crippen LogP contribution in [0.3, 0.4) is 0 Å². The summed E-state index contributed by atoms with van der Waals surface area (Å²) in [5.41, 5.74) is -0.780. The maximum Gasteiger partial charge on any atom is 0.237 e. The van der Waals surface area contributed by atoms with Crippen molar-refractivity contribution >= 4 is 5.91 Å². The number of nitrogens with zero attached hydrogens (tertiary/aromatic N) is 1. The third kappa shape index (κ3) is 6.64. The zero-order chi connectivity index (χ0) is 13.6. The molecule has 0 aromatic rings. The molecule has 0 aliphatic heterocycles. The number of carbonyl (C=O) groups excluding carboxylic acids is 1. The first-order valence-corrected chi connectivity index (χ1v) is 6.44. The van der Waals surface area contributed by atoms with E-state index in [1.165, 1.54) is 0 Å². The molecule has 17 heavy (non-hydrogen) atoms. The zero-order valence-corrected chi connectivity index (χ0v) is 12.1. The van der Waals surface area contributed by atoms with Crippen molar-refractivity contribution in [2.24, 2.45) is 0 Å². The second kappa shape index (κ2) is 6.97. The fourth-order valence-corrected chi connectivity index (χ4v) is 1.76. The van der Waals surface area contributed by atoms with Gasteiger partial charge in [-0.15, -0.1) is 0 Å². The number of hydrogen-bond donors (Lipinski definition) is 2. The van der Waals surface area contributed by atoms with Crippen molar-refractivity contribution in [3.05, 3.63) is 0 Å². The van der Waals surface area contributed by atoms with Crippen molar-refractivity contribution < 1.29 is 9.90 Å². The lowest BCUT2D eigenvalue weighted by atomic mass is 10.1. The van der Waals surface area contributed by atoms with E-state index in [0.717, 1.165) is 12.8 Å². The highest BCUT2D eigenvalue weighted by Gasteiger charge is 2.24. The molecule has 0 aliphatic rings. The summed E-state index contributed by atoms with van der Waals surface area (Å²) >= 11 is 0. The van der Waals surface area contributed by atoms with E-state index in [1.807, 2.05) is 18.9 Å². The summed E-state index contributed by atoms with van der Waals surface area (Å²) in [4.78, 5) is 13.8. The molecule has 0 fully saturated rings. The van der Waals surface area contributed by atoms with Gasteiger partial charge in [0, 0.05) is 12.6 Å². The van der Waals surface area contributed by atoms with Crippen LogP contribution in [-0.4, -0.2) is 47.2 Å². The molecule has 0 saturated heterocycles. The van der Waals surface area contributed by atoms with Crippen LogP contribution in [0.25, 0.3) is 0 Å². The average molecular weight is 244 g/mol. The highest BCUT2D eigenvalue weighted by Crippen LogP contribution is 2.07. The SMILES string of the molecule is CCC(CC)NC(=O)C(C)N(C)CC(C)(C)O. The maximum absolute atomic E-state index is 12.0. The molecule has 0 aliphatic carbocycles. The van der Waals surface area contributed by atoms with E-state index in [-0.39, 0.29) is 18.0 Å². The normalized spacial score (nSPS) is 14.2. The predicted molar refractivity (Wildman–Crippen MR) is 70.9 cm³/mol. The summed E-state index contributed by atoms with van der Waals surface area (Å²) in [6.45, 7) is 9.97. The minimum absolute atomic E-state index is 0.0328. The van der Waals surface area contributed by atoms with E-state index >= 15 is 0 Å². The lowest BCUT2D eigenvalue weighted by molar-refractivity contribution is -0.127. The van der Waals surface area contributed by atoms with E-state index in [2.05, 4.69) is 19.2 Å². The fourth-order valence-electron chi connectivity index (χ4n) is 1.76. The number of aliphatic hydroxyl groups is 1. The van der Waals surface area contributed by atoms with Gasteiger partial charge >= 0.3 is 0 Å². The molecule has 0 aromatic carbocycles. The average Bonchev–Trinajstić information content (AvgIpc) is 2.21. The number of amides is 1. The number of nitrogens with one attached hydrogen (secondary N) is 1. The third-order valence-corrected chi connectivity index (χ3v) is 3.01. The molecule has 0 saturated carbocycles. The van der Waals surface area contributed by atoms with Crippen LogP contribution < -0.4 is 5.32 Å². The van der Waals surface area contributed by atoms with Gasteiger partial charge in [0.15, 0.2) is 0 Å².